The largest absolute Gasteiger partial charge is 0.466 e. The van der Waals surface area contributed by atoms with Crippen LogP contribution in [0.5, 0.6) is 0 Å². The molecule has 2 unspecified atom stereocenters. The standard InChI is InChI=1S/C30H36N2O6/c1-4-16-31(22-13-12-20-10-7-8-11-21(20)19-22)27(35)25-30-15-14-29(5-2,38-30)24(28(36)37-6-3)23(30)26(34)32(25)17-9-18-33/h4,7-8,10-13,19,23-25,33H,1,5-6,9,14-18H2,2-3H3/t23-,24-,25?,29+,30?/m0/s1. The van der Waals surface area contributed by atoms with E-state index in [4.69, 9.17) is 9.47 Å². The lowest BCUT2D eigenvalue weighted by Crippen LogP contribution is -2.56. The number of carbonyl (C=O) groups is 3. The normalized spacial score (nSPS) is 29.5. The van der Waals surface area contributed by atoms with E-state index in [1.54, 1.807) is 17.9 Å². The number of benzene rings is 2. The zero-order valence-electron chi connectivity index (χ0n) is 22.1. The molecule has 0 aromatic heterocycles. The molecule has 3 fully saturated rings. The number of fused-ring (bicyclic) bond motifs is 2. The van der Waals surface area contributed by atoms with Gasteiger partial charge in [0.05, 0.1) is 18.1 Å². The number of amides is 2. The first-order valence-corrected chi connectivity index (χ1v) is 13.6. The lowest BCUT2D eigenvalue weighted by molar-refractivity contribution is -0.160. The maximum atomic E-state index is 14.5. The summed E-state index contributed by atoms with van der Waals surface area (Å²) in [6.07, 6.45) is 3.60. The SMILES string of the molecule is C=CCN(C(=O)C1N(CCCO)C(=O)[C@@H]2[C@@H](C(=O)OCC)[C@@]3(CC)CCC12O3)c1ccc2ccccc2c1. The van der Waals surface area contributed by atoms with Crippen molar-refractivity contribution in [1.82, 2.24) is 4.90 Å². The van der Waals surface area contributed by atoms with Crippen molar-refractivity contribution < 1.29 is 29.0 Å². The Hall–Kier alpha value is -3.23. The van der Waals surface area contributed by atoms with Gasteiger partial charge in [0.2, 0.25) is 5.91 Å². The van der Waals surface area contributed by atoms with Crippen molar-refractivity contribution in [3.05, 3.63) is 55.1 Å². The topological polar surface area (TPSA) is 96.4 Å². The van der Waals surface area contributed by atoms with E-state index in [0.29, 0.717) is 31.4 Å². The molecule has 8 heteroatoms. The van der Waals surface area contributed by atoms with Crippen LogP contribution in [0.3, 0.4) is 0 Å². The van der Waals surface area contributed by atoms with E-state index in [1.807, 2.05) is 49.4 Å². The fraction of sp³-hybridized carbons (Fsp3) is 0.500. The van der Waals surface area contributed by atoms with Gasteiger partial charge < -0.3 is 24.4 Å². The number of ether oxygens (including phenoxy) is 2. The van der Waals surface area contributed by atoms with Crippen LogP contribution in [0.15, 0.2) is 55.1 Å². The molecule has 0 aliphatic carbocycles. The average Bonchev–Trinajstić information content (AvgIpc) is 3.53. The third kappa shape index (κ3) is 3.84. The van der Waals surface area contributed by atoms with Crippen molar-refractivity contribution in [2.24, 2.45) is 11.8 Å². The summed E-state index contributed by atoms with van der Waals surface area (Å²) in [6, 6.07) is 12.8. The van der Waals surface area contributed by atoms with Crippen LogP contribution < -0.4 is 4.90 Å². The number of likely N-dealkylation sites (tertiary alicyclic amines) is 1. The molecule has 8 nitrogen and oxygen atoms in total. The van der Waals surface area contributed by atoms with Gasteiger partial charge in [-0.3, -0.25) is 14.4 Å². The molecule has 2 aromatic carbocycles. The van der Waals surface area contributed by atoms with Gasteiger partial charge in [-0.05, 0) is 55.5 Å². The van der Waals surface area contributed by atoms with E-state index in [-0.39, 0.29) is 38.1 Å². The summed E-state index contributed by atoms with van der Waals surface area (Å²) in [5.74, 6) is -2.56. The summed E-state index contributed by atoms with van der Waals surface area (Å²) < 4.78 is 12.2. The molecular formula is C30H36N2O6. The quantitative estimate of drug-likeness (QED) is 0.381. The van der Waals surface area contributed by atoms with Crippen LogP contribution in [0.2, 0.25) is 0 Å². The van der Waals surface area contributed by atoms with Crippen molar-refractivity contribution in [1.29, 1.82) is 0 Å². The second kappa shape index (κ2) is 10.2. The number of anilines is 1. The van der Waals surface area contributed by atoms with Gasteiger partial charge in [-0.15, -0.1) is 6.58 Å². The van der Waals surface area contributed by atoms with Crippen LogP contribution in [0.1, 0.15) is 39.5 Å². The number of aliphatic hydroxyl groups is 1. The molecule has 202 valence electrons. The van der Waals surface area contributed by atoms with Gasteiger partial charge in [0.1, 0.15) is 17.6 Å². The summed E-state index contributed by atoms with van der Waals surface area (Å²) in [5.41, 5.74) is -1.27. The Morgan fingerprint density at radius 1 is 1.21 bits per heavy atom. The van der Waals surface area contributed by atoms with E-state index < -0.39 is 35.0 Å². The molecule has 0 radical (unpaired) electrons. The number of nitrogens with zero attached hydrogens (tertiary/aromatic N) is 2. The number of aliphatic hydroxyl groups excluding tert-OH is 1. The van der Waals surface area contributed by atoms with Crippen molar-refractivity contribution in [2.45, 2.75) is 56.8 Å². The molecule has 2 bridgehead atoms. The van der Waals surface area contributed by atoms with Gasteiger partial charge >= 0.3 is 5.97 Å². The molecule has 2 aromatic rings. The van der Waals surface area contributed by atoms with Crippen LogP contribution in [0.4, 0.5) is 5.69 Å². The second-order valence-electron chi connectivity index (χ2n) is 10.5. The number of rotatable bonds is 10. The van der Waals surface area contributed by atoms with Gasteiger partial charge in [0.15, 0.2) is 0 Å². The highest BCUT2D eigenvalue weighted by molar-refractivity contribution is 6.05. The van der Waals surface area contributed by atoms with Crippen LogP contribution >= 0.6 is 0 Å². The van der Waals surface area contributed by atoms with Crippen LogP contribution in [-0.2, 0) is 23.9 Å². The Bertz CT molecular complexity index is 1260. The summed E-state index contributed by atoms with van der Waals surface area (Å²) in [4.78, 5) is 45.0. The smallest absolute Gasteiger partial charge is 0.312 e. The number of esters is 1. The molecule has 3 aliphatic heterocycles. The van der Waals surface area contributed by atoms with E-state index in [1.165, 1.54) is 4.90 Å². The molecule has 5 atom stereocenters. The van der Waals surface area contributed by atoms with E-state index in [0.717, 1.165) is 10.8 Å². The Labute approximate surface area is 223 Å². The third-order valence-corrected chi connectivity index (χ3v) is 8.63. The monoisotopic (exact) mass is 520 g/mol. The van der Waals surface area contributed by atoms with Gasteiger partial charge in [-0.25, -0.2) is 0 Å². The molecule has 0 saturated carbocycles. The molecule has 38 heavy (non-hydrogen) atoms. The molecule has 1 spiro atoms. The zero-order chi connectivity index (χ0) is 27.1. The first kappa shape index (κ1) is 26.4. The van der Waals surface area contributed by atoms with Crippen molar-refractivity contribution in [3.8, 4) is 0 Å². The lowest BCUT2D eigenvalue weighted by Gasteiger charge is -2.37. The molecule has 2 amide bonds. The second-order valence-corrected chi connectivity index (χ2v) is 10.5. The average molecular weight is 521 g/mol. The Kier molecular flexibility index (Phi) is 7.05. The van der Waals surface area contributed by atoms with Crippen LogP contribution in [-0.4, -0.2) is 71.3 Å². The van der Waals surface area contributed by atoms with Gasteiger partial charge in [0.25, 0.3) is 5.91 Å². The number of hydrogen-bond acceptors (Lipinski definition) is 6. The Morgan fingerprint density at radius 2 is 1.97 bits per heavy atom. The molecule has 1 N–H and O–H groups in total. The minimum absolute atomic E-state index is 0.121. The highest BCUT2D eigenvalue weighted by Gasteiger charge is 2.79. The minimum atomic E-state index is -1.13. The molecule has 5 rings (SSSR count). The molecule has 3 heterocycles. The highest BCUT2D eigenvalue weighted by Crippen LogP contribution is 2.64. The number of carbonyl (C=O) groups excluding carboxylic acids is 3. The van der Waals surface area contributed by atoms with E-state index in [9.17, 15) is 19.5 Å². The summed E-state index contributed by atoms with van der Waals surface area (Å²) >= 11 is 0. The Morgan fingerprint density at radius 3 is 2.66 bits per heavy atom. The maximum Gasteiger partial charge on any atom is 0.312 e. The van der Waals surface area contributed by atoms with E-state index >= 15 is 0 Å². The third-order valence-electron chi connectivity index (χ3n) is 8.63. The van der Waals surface area contributed by atoms with Gasteiger partial charge in [-0.2, -0.15) is 0 Å². The fourth-order valence-corrected chi connectivity index (χ4v) is 7.01. The van der Waals surface area contributed by atoms with Crippen LogP contribution in [0.25, 0.3) is 10.8 Å². The highest BCUT2D eigenvalue weighted by atomic mass is 16.6. The Balaban J connectivity index is 1.60. The predicted molar refractivity (Wildman–Crippen MR) is 143 cm³/mol. The molecular weight excluding hydrogens is 484 g/mol. The predicted octanol–water partition coefficient (Wildman–Crippen LogP) is 3.46. The van der Waals surface area contributed by atoms with Crippen molar-refractivity contribution in [3.63, 3.8) is 0 Å². The first-order chi connectivity index (χ1) is 18.4. The molecule has 3 saturated heterocycles. The number of hydrogen-bond donors (Lipinski definition) is 1. The summed E-state index contributed by atoms with van der Waals surface area (Å²) in [6.45, 7) is 8.10. The fourth-order valence-electron chi connectivity index (χ4n) is 7.01. The van der Waals surface area contributed by atoms with E-state index in [2.05, 4.69) is 6.58 Å². The molecule has 3 aliphatic rings. The van der Waals surface area contributed by atoms with Crippen LogP contribution in [0, 0.1) is 11.8 Å². The van der Waals surface area contributed by atoms with Gasteiger partial charge in [0, 0.05) is 25.4 Å². The van der Waals surface area contributed by atoms with Crippen molar-refractivity contribution in [2.75, 3.05) is 31.2 Å². The zero-order valence-corrected chi connectivity index (χ0v) is 22.1. The lowest BCUT2D eigenvalue weighted by atomic mass is 9.65. The summed E-state index contributed by atoms with van der Waals surface area (Å²) in [5, 5.41) is 11.6. The van der Waals surface area contributed by atoms with Crippen molar-refractivity contribution >= 4 is 34.2 Å². The summed E-state index contributed by atoms with van der Waals surface area (Å²) in [7, 11) is 0. The first-order valence-electron chi connectivity index (χ1n) is 13.6. The maximum absolute atomic E-state index is 14.5. The minimum Gasteiger partial charge on any atom is -0.466 e. The van der Waals surface area contributed by atoms with Gasteiger partial charge in [-0.1, -0.05) is 43.3 Å².